The molecule has 3 N–H and O–H groups in total. The van der Waals surface area contributed by atoms with Crippen LogP contribution >= 0.6 is 0 Å². The van der Waals surface area contributed by atoms with E-state index < -0.39 is 10.0 Å². The second-order valence-corrected chi connectivity index (χ2v) is 6.22. The molecule has 17 heavy (non-hydrogen) atoms. The van der Waals surface area contributed by atoms with Gasteiger partial charge in [-0.25, -0.2) is 18.1 Å². The second kappa shape index (κ2) is 5.61. The molecule has 0 unspecified atom stereocenters. The van der Waals surface area contributed by atoms with Gasteiger partial charge in [0.15, 0.2) is 0 Å². The number of piperidine rings is 1. The molecule has 1 aliphatic rings. The molecule has 0 saturated carbocycles. The van der Waals surface area contributed by atoms with Crippen molar-refractivity contribution in [2.75, 3.05) is 18.8 Å². The maximum absolute atomic E-state index is 11.8. The van der Waals surface area contributed by atoms with E-state index in [0.717, 1.165) is 31.6 Å². The maximum Gasteiger partial charge on any atom is 0.212 e. The van der Waals surface area contributed by atoms with Crippen molar-refractivity contribution in [2.45, 2.75) is 19.4 Å². The van der Waals surface area contributed by atoms with Gasteiger partial charge < -0.3 is 10.3 Å². The first-order chi connectivity index (χ1) is 8.16. The number of H-pyrrole nitrogens is 1. The van der Waals surface area contributed by atoms with Gasteiger partial charge in [0.2, 0.25) is 10.0 Å². The fraction of sp³-hybridized carbons (Fsp3) is 0.700. The number of nitrogens with one attached hydrogen (secondary N) is 3. The maximum atomic E-state index is 11.8. The van der Waals surface area contributed by atoms with Crippen LogP contribution < -0.4 is 10.0 Å². The third-order valence-corrected chi connectivity index (χ3v) is 4.45. The van der Waals surface area contributed by atoms with Gasteiger partial charge in [0.05, 0.1) is 18.6 Å². The van der Waals surface area contributed by atoms with Crippen LogP contribution in [0.4, 0.5) is 0 Å². The molecule has 2 heterocycles. The Hall–Kier alpha value is -0.920. The van der Waals surface area contributed by atoms with Crippen molar-refractivity contribution in [3.05, 3.63) is 18.2 Å². The molecule has 1 fully saturated rings. The van der Waals surface area contributed by atoms with Crippen molar-refractivity contribution in [2.24, 2.45) is 5.92 Å². The highest BCUT2D eigenvalue weighted by atomic mass is 32.2. The summed E-state index contributed by atoms with van der Waals surface area (Å²) < 4.78 is 26.2. The molecule has 0 aromatic carbocycles. The van der Waals surface area contributed by atoms with E-state index in [1.165, 1.54) is 6.33 Å². The molecule has 0 bridgehead atoms. The van der Waals surface area contributed by atoms with Gasteiger partial charge in [0.25, 0.3) is 0 Å². The highest BCUT2D eigenvalue weighted by Gasteiger charge is 2.20. The fourth-order valence-corrected chi connectivity index (χ4v) is 3.43. The van der Waals surface area contributed by atoms with Crippen molar-refractivity contribution >= 4 is 10.0 Å². The molecule has 1 saturated heterocycles. The highest BCUT2D eigenvalue weighted by Crippen LogP contribution is 2.13. The number of rotatable bonds is 5. The summed E-state index contributed by atoms with van der Waals surface area (Å²) in [5, 5.41) is 3.23. The zero-order valence-corrected chi connectivity index (χ0v) is 10.5. The first-order valence-electron chi connectivity index (χ1n) is 5.81. The number of hydrogen-bond donors (Lipinski definition) is 3. The molecule has 0 radical (unpaired) electrons. The summed E-state index contributed by atoms with van der Waals surface area (Å²) in [5.74, 6) is 0.499. The lowest BCUT2D eigenvalue weighted by Gasteiger charge is -2.22. The molecule has 1 aromatic rings. The predicted octanol–water partition coefficient (Wildman–Crippen LogP) is -0.171. The Bertz CT molecular complexity index is 423. The zero-order chi connectivity index (χ0) is 12.1. The van der Waals surface area contributed by atoms with Gasteiger partial charge in [0.1, 0.15) is 0 Å². The minimum Gasteiger partial charge on any atom is -0.347 e. The Balaban J connectivity index is 1.81. The summed E-state index contributed by atoms with van der Waals surface area (Å²) in [6, 6.07) is 0. The Morgan fingerprint density at radius 1 is 1.41 bits per heavy atom. The van der Waals surface area contributed by atoms with Crippen molar-refractivity contribution in [1.29, 1.82) is 0 Å². The monoisotopic (exact) mass is 258 g/mol. The molecule has 0 amide bonds. The zero-order valence-electron chi connectivity index (χ0n) is 9.65. The highest BCUT2D eigenvalue weighted by molar-refractivity contribution is 7.89. The minimum atomic E-state index is -3.18. The van der Waals surface area contributed by atoms with Crippen LogP contribution in [-0.2, 0) is 16.6 Å². The van der Waals surface area contributed by atoms with Crippen LogP contribution in [0.25, 0.3) is 0 Å². The third kappa shape index (κ3) is 4.10. The molecule has 6 nitrogen and oxygen atoms in total. The number of nitrogens with zero attached hydrogens (tertiary/aromatic N) is 1. The lowest BCUT2D eigenvalue weighted by molar-refractivity contribution is 0.400. The SMILES string of the molecule is O=S(=O)(CC1CCNCC1)NCc1cnc[nH]1. The van der Waals surface area contributed by atoms with Gasteiger partial charge in [0, 0.05) is 11.9 Å². The number of imidazole rings is 1. The summed E-state index contributed by atoms with van der Waals surface area (Å²) in [5.41, 5.74) is 0.777. The molecule has 0 aliphatic carbocycles. The number of aromatic amines is 1. The first-order valence-corrected chi connectivity index (χ1v) is 7.46. The van der Waals surface area contributed by atoms with E-state index in [9.17, 15) is 8.42 Å². The van der Waals surface area contributed by atoms with E-state index in [1.54, 1.807) is 6.20 Å². The topological polar surface area (TPSA) is 86.9 Å². The molecule has 2 rings (SSSR count). The Morgan fingerprint density at radius 3 is 2.82 bits per heavy atom. The van der Waals surface area contributed by atoms with Gasteiger partial charge in [-0.3, -0.25) is 0 Å². The van der Waals surface area contributed by atoms with E-state index >= 15 is 0 Å². The number of aromatic nitrogens is 2. The lowest BCUT2D eigenvalue weighted by atomic mass is 10.0. The molecular formula is C10H18N4O2S. The Labute approximate surface area is 101 Å². The first kappa shape index (κ1) is 12.5. The average molecular weight is 258 g/mol. The summed E-state index contributed by atoms with van der Waals surface area (Å²) in [6.07, 6.45) is 5.03. The molecule has 0 atom stereocenters. The molecule has 1 aromatic heterocycles. The van der Waals surface area contributed by atoms with Crippen molar-refractivity contribution in [3.8, 4) is 0 Å². The minimum absolute atomic E-state index is 0.225. The Kier molecular flexibility index (Phi) is 4.14. The Morgan fingerprint density at radius 2 is 2.18 bits per heavy atom. The van der Waals surface area contributed by atoms with E-state index in [0.29, 0.717) is 0 Å². The average Bonchev–Trinajstić information content (AvgIpc) is 2.80. The largest absolute Gasteiger partial charge is 0.347 e. The third-order valence-electron chi connectivity index (χ3n) is 2.95. The fourth-order valence-electron chi connectivity index (χ4n) is 1.99. The van der Waals surface area contributed by atoms with Gasteiger partial charge in [-0.2, -0.15) is 0 Å². The number of hydrogen-bond acceptors (Lipinski definition) is 4. The van der Waals surface area contributed by atoms with Gasteiger partial charge in [-0.1, -0.05) is 0 Å². The van der Waals surface area contributed by atoms with Crippen LogP contribution in [-0.4, -0.2) is 37.2 Å². The van der Waals surface area contributed by atoms with E-state index in [2.05, 4.69) is 20.0 Å². The van der Waals surface area contributed by atoms with Crippen LogP contribution in [0.1, 0.15) is 18.5 Å². The van der Waals surface area contributed by atoms with Gasteiger partial charge >= 0.3 is 0 Å². The summed E-state index contributed by atoms with van der Waals surface area (Å²) in [4.78, 5) is 6.71. The summed E-state index contributed by atoms with van der Waals surface area (Å²) >= 11 is 0. The predicted molar refractivity (Wildman–Crippen MR) is 64.8 cm³/mol. The molecule has 7 heteroatoms. The smallest absolute Gasteiger partial charge is 0.212 e. The molecule has 1 aliphatic heterocycles. The van der Waals surface area contributed by atoms with Gasteiger partial charge in [-0.05, 0) is 31.8 Å². The van der Waals surface area contributed by atoms with Crippen molar-refractivity contribution in [3.63, 3.8) is 0 Å². The van der Waals surface area contributed by atoms with Gasteiger partial charge in [-0.15, -0.1) is 0 Å². The second-order valence-electron chi connectivity index (χ2n) is 4.37. The van der Waals surface area contributed by atoms with Crippen LogP contribution in [0.3, 0.4) is 0 Å². The van der Waals surface area contributed by atoms with E-state index in [1.807, 2.05) is 0 Å². The lowest BCUT2D eigenvalue weighted by Crippen LogP contribution is -2.35. The molecule has 96 valence electrons. The standard InChI is InChI=1S/C10H18N4O2S/c15-17(16,7-9-1-3-11-4-2-9)14-6-10-5-12-8-13-10/h5,8-9,11,14H,1-4,6-7H2,(H,12,13). The molecular weight excluding hydrogens is 240 g/mol. The van der Waals surface area contributed by atoms with Crippen LogP contribution in [0, 0.1) is 5.92 Å². The van der Waals surface area contributed by atoms with E-state index in [4.69, 9.17) is 0 Å². The molecule has 0 spiro atoms. The summed E-state index contributed by atoms with van der Waals surface area (Å²) in [6.45, 7) is 2.12. The van der Waals surface area contributed by atoms with Crippen LogP contribution in [0.5, 0.6) is 0 Å². The summed E-state index contributed by atoms with van der Waals surface area (Å²) in [7, 11) is -3.18. The van der Waals surface area contributed by atoms with E-state index in [-0.39, 0.29) is 18.2 Å². The van der Waals surface area contributed by atoms with Crippen molar-refractivity contribution in [1.82, 2.24) is 20.0 Å². The normalized spacial score (nSPS) is 18.4. The number of sulfonamides is 1. The quantitative estimate of drug-likeness (QED) is 0.684. The van der Waals surface area contributed by atoms with Crippen LogP contribution in [0.15, 0.2) is 12.5 Å². The van der Waals surface area contributed by atoms with Crippen LogP contribution in [0.2, 0.25) is 0 Å². The van der Waals surface area contributed by atoms with Crippen molar-refractivity contribution < 1.29 is 8.42 Å².